The maximum absolute atomic E-state index is 11.0. The van der Waals surface area contributed by atoms with E-state index in [2.05, 4.69) is 10.6 Å². The Labute approximate surface area is 65.6 Å². The van der Waals surface area contributed by atoms with Crippen molar-refractivity contribution in [3.8, 4) is 0 Å². The van der Waals surface area contributed by atoms with E-state index in [-0.39, 0.29) is 12.3 Å². The summed E-state index contributed by atoms with van der Waals surface area (Å²) in [6, 6.07) is 0. The molecule has 1 amide bonds. The largest absolute Gasteiger partial charge is 0.349 e. The molecule has 1 heterocycles. The number of nitrogens with one attached hydrogen (secondary N) is 2. The van der Waals surface area contributed by atoms with Crippen LogP contribution in [0, 0.1) is 0 Å². The molecule has 11 heavy (non-hydrogen) atoms. The second-order valence-electron chi connectivity index (χ2n) is 2.30. The van der Waals surface area contributed by atoms with Gasteiger partial charge in [0.2, 0.25) is 6.35 Å². The standard InChI is InChI=1S/C7H12N2O2/c1-3-11-7-8-4-5(2)6(10)9-7/h4,7-8H,3H2,1-2H3,(H,9,10). The molecule has 2 N–H and O–H groups in total. The zero-order chi connectivity index (χ0) is 8.27. The molecular formula is C7H12N2O2. The number of hydrogen-bond donors (Lipinski definition) is 2. The third-order valence-electron chi connectivity index (χ3n) is 1.40. The molecule has 0 fully saturated rings. The van der Waals surface area contributed by atoms with Crippen LogP contribution < -0.4 is 10.6 Å². The molecule has 1 rings (SSSR count). The topological polar surface area (TPSA) is 50.4 Å². The van der Waals surface area contributed by atoms with Crippen molar-refractivity contribution >= 4 is 5.91 Å². The first kappa shape index (κ1) is 8.07. The molecular weight excluding hydrogens is 144 g/mol. The van der Waals surface area contributed by atoms with Gasteiger partial charge in [0.1, 0.15) is 0 Å². The first-order chi connectivity index (χ1) is 5.24. The van der Waals surface area contributed by atoms with E-state index in [1.54, 1.807) is 13.1 Å². The Morgan fingerprint density at radius 3 is 3.00 bits per heavy atom. The molecule has 0 aromatic heterocycles. The van der Waals surface area contributed by atoms with E-state index in [1.165, 1.54) is 0 Å². The van der Waals surface area contributed by atoms with Gasteiger partial charge in [-0.25, -0.2) is 0 Å². The molecule has 0 spiro atoms. The first-order valence-corrected chi connectivity index (χ1v) is 3.59. The van der Waals surface area contributed by atoms with E-state index in [0.29, 0.717) is 12.2 Å². The smallest absolute Gasteiger partial charge is 0.251 e. The molecule has 0 aliphatic carbocycles. The Kier molecular flexibility index (Phi) is 2.48. The van der Waals surface area contributed by atoms with Gasteiger partial charge in [0.25, 0.3) is 5.91 Å². The summed E-state index contributed by atoms with van der Waals surface area (Å²) < 4.78 is 5.11. The van der Waals surface area contributed by atoms with E-state index in [4.69, 9.17) is 4.74 Å². The summed E-state index contributed by atoms with van der Waals surface area (Å²) in [5, 5.41) is 5.51. The number of rotatable bonds is 2. The lowest BCUT2D eigenvalue weighted by Gasteiger charge is -2.23. The maximum atomic E-state index is 11.0. The van der Waals surface area contributed by atoms with E-state index >= 15 is 0 Å². The average molecular weight is 156 g/mol. The molecule has 0 aromatic carbocycles. The molecule has 4 heteroatoms. The van der Waals surface area contributed by atoms with Crippen molar-refractivity contribution < 1.29 is 9.53 Å². The summed E-state index contributed by atoms with van der Waals surface area (Å²) in [5.41, 5.74) is 0.668. The Hall–Kier alpha value is -1.03. The Balaban J connectivity index is 2.48. The van der Waals surface area contributed by atoms with Gasteiger partial charge in [-0.2, -0.15) is 0 Å². The Morgan fingerprint density at radius 2 is 2.45 bits per heavy atom. The van der Waals surface area contributed by atoms with E-state index in [9.17, 15) is 4.79 Å². The third kappa shape index (κ3) is 1.94. The van der Waals surface area contributed by atoms with Gasteiger partial charge in [-0.3, -0.25) is 4.79 Å². The molecule has 62 valence electrons. The van der Waals surface area contributed by atoms with Crippen molar-refractivity contribution in [1.29, 1.82) is 0 Å². The maximum Gasteiger partial charge on any atom is 0.251 e. The van der Waals surface area contributed by atoms with Crippen LogP contribution in [0.4, 0.5) is 0 Å². The fourth-order valence-corrected chi connectivity index (χ4v) is 0.797. The van der Waals surface area contributed by atoms with Gasteiger partial charge in [0, 0.05) is 18.4 Å². The summed E-state index contributed by atoms with van der Waals surface area (Å²) in [5.74, 6) is -0.0813. The molecule has 0 saturated heterocycles. The van der Waals surface area contributed by atoms with Crippen LogP contribution >= 0.6 is 0 Å². The van der Waals surface area contributed by atoms with Crippen molar-refractivity contribution in [2.45, 2.75) is 20.2 Å². The minimum Gasteiger partial charge on any atom is -0.349 e. The molecule has 1 unspecified atom stereocenters. The van der Waals surface area contributed by atoms with Gasteiger partial charge in [-0.1, -0.05) is 0 Å². The molecule has 0 aromatic rings. The van der Waals surface area contributed by atoms with Crippen LogP contribution in [-0.4, -0.2) is 18.9 Å². The molecule has 1 aliphatic heterocycles. The van der Waals surface area contributed by atoms with Crippen LogP contribution in [0.3, 0.4) is 0 Å². The molecule has 0 radical (unpaired) electrons. The van der Waals surface area contributed by atoms with E-state index in [0.717, 1.165) is 0 Å². The van der Waals surface area contributed by atoms with Crippen LogP contribution in [0.25, 0.3) is 0 Å². The van der Waals surface area contributed by atoms with Gasteiger partial charge in [-0.15, -0.1) is 0 Å². The van der Waals surface area contributed by atoms with Gasteiger partial charge in [0.05, 0.1) is 0 Å². The fraction of sp³-hybridized carbons (Fsp3) is 0.571. The van der Waals surface area contributed by atoms with Crippen LogP contribution in [0.5, 0.6) is 0 Å². The summed E-state index contributed by atoms with van der Waals surface area (Å²) in [4.78, 5) is 11.0. The Morgan fingerprint density at radius 1 is 1.73 bits per heavy atom. The second kappa shape index (κ2) is 3.39. The molecule has 4 nitrogen and oxygen atoms in total. The zero-order valence-corrected chi connectivity index (χ0v) is 6.68. The summed E-state index contributed by atoms with van der Waals surface area (Å²) >= 11 is 0. The fourth-order valence-electron chi connectivity index (χ4n) is 0.797. The highest BCUT2D eigenvalue weighted by Gasteiger charge is 2.16. The molecule has 1 atom stereocenters. The first-order valence-electron chi connectivity index (χ1n) is 3.59. The molecule has 0 bridgehead atoms. The lowest BCUT2D eigenvalue weighted by molar-refractivity contribution is -0.123. The molecule has 1 aliphatic rings. The highest BCUT2D eigenvalue weighted by atomic mass is 16.5. The second-order valence-corrected chi connectivity index (χ2v) is 2.30. The van der Waals surface area contributed by atoms with Crippen molar-refractivity contribution in [2.24, 2.45) is 0 Å². The monoisotopic (exact) mass is 156 g/mol. The van der Waals surface area contributed by atoms with Crippen molar-refractivity contribution in [2.75, 3.05) is 6.61 Å². The van der Waals surface area contributed by atoms with Gasteiger partial charge >= 0.3 is 0 Å². The van der Waals surface area contributed by atoms with Crippen LogP contribution in [0.2, 0.25) is 0 Å². The lowest BCUT2D eigenvalue weighted by atomic mass is 10.3. The summed E-state index contributed by atoms with van der Waals surface area (Å²) in [7, 11) is 0. The minimum atomic E-state index is -0.365. The third-order valence-corrected chi connectivity index (χ3v) is 1.40. The quantitative estimate of drug-likeness (QED) is 0.588. The average Bonchev–Trinajstić information content (AvgIpc) is 1.98. The SMILES string of the molecule is CCOC1NC=C(C)C(=O)N1. The van der Waals surface area contributed by atoms with Crippen LogP contribution in [0.1, 0.15) is 13.8 Å². The highest BCUT2D eigenvalue weighted by Crippen LogP contribution is 1.98. The number of hydrogen-bond acceptors (Lipinski definition) is 3. The number of carbonyl (C=O) groups is 1. The highest BCUT2D eigenvalue weighted by molar-refractivity contribution is 5.93. The zero-order valence-electron chi connectivity index (χ0n) is 6.68. The van der Waals surface area contributed by atoms with Crippen LogP contribution in [0.15, 0.2) is 11.8 Å². The number of carbonyl (C=O) groups excluding carboxylic acids is 1. The van der Waals surface area contributed by atoms with Crippen molar-refractivity contribution in [3.63, 3.8) is 0 Å². The van der Waals surface area contributed by atoms with Crippen LogP contribution in [-0.2, 0) is 9.53 Å². The number of amides is 1. The van der Waals surface area contributed by atoms with Crippen molar-refractivity contribution in [3.05, 3.63) is 11.8 Å². The van der Waals surface area contributed by atoms with Crippen molar-refractivity contribution in [1.82, 2.24) is 10.6 Å². The van der Waals surface area contributed by atoms with Gasteiger partial charge < -0.3 is 15.4 Å². The predicted molar refractivity (Wildman–Crippen MR) is 40.4 cm³/mol. The van der Waals surface area contributed by atoms with Gasteiger partial charge in [0.15, 0.2) is 0 Å². The Bertz CT molecular complexity index is 189. The summed E-state index contributed by atoms with van der Waals surface area (Å²) in [6.07, 6.45) is 1.29. The number of ether oxygens (including phenoxy) is 1. The lowest BCUT2D eigenvalue weighted by Crippen LogP contribution is -2.49. The van der Waals surface area contributed by atoms with E-state index in [1.807, 2.05) is 6.92 Å². The molecule has 0 saturated carbocycles. The minimum absolute atomic E-state index is 0.0813. The predicted octanol–water partition coefficient (Wildman–Crippen LogP) is -0.0703. The normalized spacial score (nSPS) is 23.6. The summed E-state index contributed by atoms with van der Waals surface area (Å²) in [6.45, 7) is 4.19. The van der Waals surface area contributed by atoms with Gasteiger partial charge in [-0.05, 0) is 13.8 Å². The van der Waals surface area contributed by atoms with E-state index < -0.39 is 0 Å².